The fourth-order valence-corrected chi connectivity index (χ4v) is 8.03. The highest BCUT2D eigenvalue weighted by Gasteiger charge is 2.76. The number of rotatable bonds is 14. The minimum atomic E-state index is -1.19. The Hall–Kier alpha value is -3.47. The minimum absolute atomic E-state index is 0.0250. The quantitative estimate of drug-likeness (QED) is 0.186. The van der Waals surface area contributed by atoms with Crippen molar-refractivity contribution in [2.45, 2.75) is 48.4 Å². The van der Waals surface area contributed by atoms with Crippen LogP contribution < -0.4 is 9.64 Å². The highest BCUT2D eigenvalue weighted by Crippen LogP contribution is 2.60. The van der Waals surface area contributed by atoms with Gasteiger partial charge in [0.25, 0.3) is 5.91 Å². The summed E-state index contributed by atoms with van der Waals surface area (Å²) in [5, 5.41) is 9.49. The lowest BCUT2D eigenvalue weighted by Crippen LogP contribution is -2.57. The number of hydrogen-bond acceptors (Lipinski definition) is 6. The average molecular weight is 667 g/mol. The molecule has 0 radical (unpaired) electrons. The molecular weight excluding hydrogens is 626 g/mol. The SMILES string of the molecule is C=CCN(Cc1ccccc1)C(=O)[C@H]1[C@H]2C(=O)N(CCCCO)C(C(=O)N(CC=C)c3ccc(OC)cc3)C23CC(Br)[C@@H]1O3. The molecule has 3 aliphatic rings. The zero-order valence-electron chi connectivity index (χ0n) is 25.0. The molecule has 0 saturated carbocycles. The Morgan fingerprint density at radius 3 is 2.43 bits per heavy atom. The van der Waals surface area contributed by atoms with Gasteiger partial charge in [0, 0.05) is 43.3 Å². The predicted molar refractivity (Wildman–Crippen MR) is 171 cm³/mol. The normalized spacial score (nSPS) is 26.8. The Bertz CT molecular complexity index is 1370. The van der Waals surface area contributed by atoms with E-state index in [2.05, 4.69) is 29.1 Å². The smallest absolute Gasteiger partial charge is 0.253 e. The van der Waals surface area contributed by atoms with E-state index in [-0.39, 0.29) is 42.2 Å². The molecule has 234 valence electrons. The van der Waals surface area contributed by atoms with E-state index in [4.69, 9.17) is 9.47 Å². The zero-order valence-corrected chi connectivity index (χ0v) is 26.6. The second-order valence-electron chi connectivity index (χ2n) is 11.6. The van der Waals surface area contributed by atoms with E-state index < -0.39 is 29.6 Å². The number of unbranched alkanes of at least 4 members (excludes halogenated alkanes) is 1. The van der Waals surface area contributed by atoms with Gasteiger partial charge in [-0.25, -0.2) is 0 Å². The van der Waals surface area contributed by atoms with Crippen molar-refractivity contribution in [3.05, 3.63) is 85.5 Å². The predicted octanol–water partition coefficient (Wildman–Crippen LogP) is 3.95. The molecular formula is C34H40BrN3O6. The van der Waals surface area contributed by atoms with Gasteiger partial charge in [-0.2, -0.15) is 0 Å². The first kappa shape index (κ1) is 31.9. The van der Waals surface area contributed by atoms with Crippen LogP contribution in [0.5, 0.6) is 5.75 Å². The van der Waals surface area contributed by atoms with E-state index in [0.29, 0.717) is 43.8 Å². The lowest BCUT2D eigenvalue weighted by molar-refractivity contribution is -0.145. The van der Waals surface area contributed by atoms with Gasteiger partial charge in [-0.15, -0.1) is 13.2 Å². The lowest BCUT2D eigenvalue weighted by atomic mass is 9.70. The third kappa shape index (κ3) is 5.71. The second-order valence-corrected chi connectivity index (χ2v) is 12.7. The summed E-state index contributed by atoms with van der Waals surface area (Å²) in [5.41, 5.74) is 0.409. The summed E-state index contributed by atoms with van der Waals surface area (Å²) in [5.74, 6) is -1.67. The minimum Gasteiger partial charge on any atom is -0.497 e. The van der Waals surface area contributed by atoms with Gasteiger partial charge < -0.3 is 29.3 Å². The number of benzene rings is 2. The maximum Gasteiger partial charge on any atom is 0.253 e. The van der Waals surface area contributed by atoms with Crippen LogP contribution >= 0.6 is 15.9 Å². The van der Waals surface area contributed by atoms with Crippen molar-refractivity contribution in [2.24, 2.45) is 11.8 Å². The second kappa shape index (κ2) is 13.7. The van der Waals surface area contributed by atoms with E-state index in [1.165, 1.54) is 0 Å². The van der Waals surface area contributed by atoms with Crippen molar-refractivity contribution in [2.75, 3.05) is 38.3 Å². The standard InChI is InChI=1S/C34H40BrN3O6/c1-4-17-36(22-23-11-7-6-8-12-23)31(40)27-28-32(41)38(19-9-10-20-39)30(34(28)21-26(35)29(27)44-34)33(42)37(18-5-2)24-13-15-25(43-3)16-14-24/h4-8,11-16,26-30,39H,1-2,9-10,17-22H2,3H3/t26?,27-,28-,29-,30?,34?/m0/s1. The number of nitrogens with zero attached hydrogens (tertiary/aromatic N) is 3. The summed E-state index contributed by atoms with van der Waals surface area (Å²) < 4.78 is 12.0. The Morgan fingerprint density at radius 2 is 1.80 bits per heavy atom. The molecule has 10 heteroatoms. The first-order chi connectivity index (χ1) is 21.3. The molecule has 1 N–H and O–H groups in total. The molecule has 3 fully saturated rings. The van der Waals surface area contributed by atoms with Crippen molar-refractivity contribution < 1.29 is 29.0 Å². The van der Waals surface area contributed by atoms with E-state index in [9.17, 15) is 19.5 Å². The number of carbonyl (C=O) groups excluding carboxylic acids is 3. The third-order valence-electron chi connectivity index (χ3n) is 8.95. The number of aliphatic hydroxyl groups excluding tert-OH is 1. The molecule has 3 aliphatic heterocycles. The van der Waals surface area contributed by atoms with Crippen LogP contribution in [0, 0.1) is 11.8 Å². The van der Waals surface area contributed by atoms with Crippen molar-refractivity contribution in [1.29, 1.82) is 0 Å². The number of likely N-dealkylation sites (tertiary alicyclic amines) is 1. The summed E-state index contributed by atoms with van der Waals surface area (Å²) in [6.07, 6.45) is 4.16. The third-order valence-corrected chi connectivity index (χ3v) is 9.80. The fraction of sp³-hybridized carbons (Fsp3) is 0.441. The van der Waals surface area contributed by atoms with Crippen LogP contribution in [0.1, 0.15) is 24.8 Å². The van der Waals surface area contributed by atoms with Gasteiger partial charge in [0.15, 0.2) is 0 Å². The number of ether oxygens (including phenoxy) is 2. The highest BCUT2D eigenvalue weighted by molar-refractivity contribution is 9.09. The molecule has 3 saturated heterocycles. The first-order valence-electron chi connectivity index (χ1n) is 15.0. The fourth-order valence-electron chi connectivity index (χ4n) is 7.09. The number of hydrogen-bond donors (Lipinski definition) is 1. The van der Waals surface area contributed by atoms with Crippen LogP contribution in [0.3, 0.4) is 0 Å². The summed E-state index contributed by atoms with van der Waals surface area (Å²) in [6.45, 7) is 8.87. The molecule has 5 rings (SSSR count). The molecule has 0 aliphatic carbocycles. The number of halogens is 1. The summed E-state index contributed by atoms with van der Waals surface area (Å²) in [6, 6.07) is 15.9. The van der Waals surface area contributed by atoms with Crippen LogP contribution in [0.25, 0.3) is 0 Å². The van der Waals surface area contributed by atoms with Gasteiger partial charge in [-0.05, 0) is 49.1 Å². The maximum absolute atomic E-state index is 14.7. The zero-order chi connectivity index (χ0) is 31.4. The van der Waals surface area contributed by atoms with Crippen molar-refractivity contribution >= 4 is 39.3 Å². The van der Waals surface area contributed by atoms with E-state index in [0.717, 1.165) is 5.56 Å². The van der Waals surface area contributed by atoms with Gasteiger partial charge in [0.1, 0.15) is 17.4 Å². The van der Waals surface area contributed by atoms with Crippen molar-refractivity contribution in [3.63, 3.8) is 0 Å². The highest BCUT2D eigenvalue weighted by atomic mass is 79.9. The Kier molecular flexibility index (Phi) is 9.92. The molecule has 3 unspecified atom stereocenters. The van der Waals surface area contributed by atoms with Gasteiger partial charge in [-0.3, -0.25) is 14.4 Å². The Labute approximate surface area is 267 Å². The molecule has 44 heavy (non-hydrogen) atoms. The molecule has 2 aromatic carbocycles. The van der Waals surface area contributed by atoms with E-state index >= 15 is 0 Å². The van der Waals surface area contributed by atoms with Crippen LogP contribution in [-0.4, -0.2) is 88.6 Å². The summed E-state index contributed by atoms with van der Waals surface area (Å²) in [4.78, 5) is 48.1. The summed E-state index contributed by atoms with van der Waals surface area (Å²) in [7, 11) is 1.58. The number of aliphatic hydroxyl groups is 1. The monoisotopic (exact) mass is 665 g/mol. The van der Waals surface area contributed by atoms with Gasteiger partial charge >= 0.3 is 0 Å². The van der Waals surface area contributed by atoms with Crippen LogP contribution in [0.4, 0.5) is 5.69 Å². The number of methoxy groups -OCH3 is 1. The van der Waals surface area contributed by atoms with Crippen LogP contribution in [0.2, 0.25) is 0 Å². The van der Waals surface area contributed by atoms with Crippen LogP contribution in [0.15, 0.2) is 79.9 Å². The van der Waals surface area contributed by atoms with Crippen molar-refractivity contribution in [3.8, 4) is 5.75 Å². The van der Waals surface area contributed by atoms with Crippen LogP contribution in [-0.2, 0) is 25.7 Å². The van der Waals surface area contributed by atoms with E-state index in [1.807, 2.05) is 30.3 Å². The van der Waals surface area contributed by atoms with Gasteiger partial charge in [-0.1, -0.05) is 58.4 Å². The van der Waals surface area contributed by atoms with Gasteiger partial charge in [0.05, 0.1) is 25.0 Å². The number of fused-ring (bicyclic) bond motifs is 1. The molecule has 2 aromatic rings. The van der Waals surface area contributed by atoms with Crippen molar-refractivity contribution in [1.82, 2.24) is 9.80 Å². The largest absolute Gasteiger partial charge is 0.497 e. The number of anilines is 1. The number of amides is 3. The molecule has 0 aromatic heterocycles. The molecule has 3 amide bonds. The molecule has 2 bridgehead atoms. The molecule has 3 heterocycles. The topological polar surface area (TPSA) is 99.6 Å². The van der Waals surface area contributed by atoms with E-state index in [1.54, 1.807) is 58.2 Å². The number of carbonyl (C=O) groups is 3. The summed E-state index contributed by atoms with van der Waals surface area (Å²) >= 11 is 3.77. The Balaban J connectivity index is 1.53. The first-order valence-corrected chi connectivity index (χ1v) is 16.0. The average Bonchev–Trinajstić information content (AvgIpc) is 3.63. The lowest BCUT2D eigenvalue weighted by Gasteiger charge is -2.37. The van der Waals surface area contributed by atoms with Gasteiger partial charge in [0.2, 0.25) is 11.8 Å². The Morgan fingerprint density at radius 1 is 1.09 bits per heavy atom. The number of alkyl halides is 1. The molecule has 1 spiro atoms. The maximum atomic E-state index is 14.7. The molecule has 6 atom stereocenters. The molecule has 9 nitrogen and oxygen atoms in total.